The van der Waals surface area contributed by atoms with Crippen molar-refractivity contribution in [3.05, 3.63) is 27.6 Å². The summed E-state index contributed by atoms with van der Waals surface area (Å²) in [5.41, 5.74) is 2.32. The van der Waals surface area contributed by atoms with E-state index in [2.05, 4.69) is 57.3 Å². The van der Waals surface area contributed by atoms with Gasteiger partial charge in [0.15, 0.2) is 0 Å². The van der Waals surface area contributed by atoms with Crippen molar-refractivity contribution in [1.82, 2.24) is 9.55 Å². The van der Waals surface area contributed by atoms with Crippen LogP contribution in [0.2, 0.25) is 0 Å². The smallest absolute Gasteiger partial charge is 0.125 e. The van der Waals surface area contributed by atoms with Crippen LogP contribution in [0.5, 0.6) is 0 Å². The summed E-state index contributed by atoms with van der Waals surface area (Å²) in [5, 5.41) is 0. The molecule has 3 rings (SSSR count). The fraction of sp³-hybridized carbons (Fsp3) is 0.462. The average Bonchev–Trinajstić information content (AvgIpc) is 3.02. The van der Waals surface area contributed by atoms with Crippen LogP contribution < -0.4 is 0 Å². The van der Waals surface area contributed by atoms with Crippen LogP contribution in [0.4, 0.5) is 0 Å². The first-order valence-corrected chi connectivity index (χ1v) is 7.58. The van der Waals surface area contributed by atoms with Gasteiger partial charge in [-0.2, -0.15) is 0 Å². The highest BCUT2D eigenvalue weighted by Gasteiger charge is 2.38. The first kappa shape index (κ1) is 11.8. The van der Waals surface area contributed by atoms with E-state index in [1.807, 2.05) is 0 Å². The van der Waals surface area contributed by atoms with Gasteiger partial charge in [-0.3, -0.25) is 0 Å². The monoisotopic (exact) mass is 360 g/mol. The maximum Gasteiger partial charge on any atom is 0.125 e. The van der Waals surface area contributed by atoms with E-state index < -0.39 is 0 Å². The number of hydrogen-bond acceptors (Lipinski definition) is 1. The van der Waals surface area contributed by atoms with Crippen molar-refractivity contribution in [2.24, 2.45) is 5.92 Å². The lowest BCUT2D eigenvalue weighted by Gasteiger charge is -2.06. The molecule has 1 heterocycles. The second kappa shape index (κ2) is 4.43. The van der Waals surface area contributed by atoms with Gasteiger partial charge in [-0.15, -0.1) is 11.6 Å². The number of hydrogen-bond donors (Lipinski definition) is 0. The summed E-state index contributed by atoms with van der Waals surface area (Å²) < 4.78 is 3.58. The minimum atomic E-state index is 0.498. The highest BCUT2D eigenvalue weighted by atomic mass is 127. The predicted octanol–water partition coefficient (Wildman–Crippen LogP) is 4.35. The van der Waals surface area contributed by atoms with E-state index in [-0.39, 0.29) is 0 Å². The Morgan fingerprint density at radius 1 is 1.53 bits per heavy atom. The second-order valence-electron chi connectivity index (χ2n) is 4.64. The van der Waals surface area contributed by atoms with E-state index in [9.17, 15) is 0 Å². The van der Waals surface area contributed by atoms with Gasteiger partial charge in [0.2, 0.25) is 0 Å². The maximum absolute atomic E-state index is 6.02. The Balaban J connectivity index is 2.14. The summed E-state index contributed by atoms with van der Waals surface area (Å²) in [5.74, 6) is 2.33. The molecule has 1 aliphatic rings. The molecule has 0 amide bonds. The quantitative estimate of drug-likeness (QED) is 0.588. The number of aromatic nitrogens is 2. The van der Waals surface area contributed by atoms with E-state index in [4.69, 9.17) is 11.6 Å². The molecule has 17 heavy (non-hydrogen) atoms. The third-order valence-electron chi connectivity index (χ3n) is 3.59. The third kappa shape index (κ3) is 1.97. The molecule has 1 aromatic carbocycles. The predicted molar refractivity (Wildman–Crippen MR) is 79.4 cm³/mol. The molecule has 0 radical (unpaired) electrons. The SMILES string of the molecule is CCC1CC1n1c(CCl)nc2cc(I)ccc21. The molecule has 2 aromatic rings. The van der Waals surface area contributed by atoms with Crippen molar-refractivity contribution >= 4 is 45.2 Å². The van der Waals surface area contributed by atoms with Crippen LogP contribution in [0.15, 0.2) is 18.2 Å². The lowest BCUT2D eigenvalue weighted by Crippen LogP contribution is -2.01. The number of alkyl halides is 1. The van der Waals surface area contributed by atoms with Gasteiger partial charge in [-0.1, -0.05) is 13.3 Å². The fourth-order valence-electron chi connectivity index (χ4n) is 2.57. The van der Waals surface area contributed by atoms with Crippen molar-refractivity contribution in [1.29, 1.82) is 0 Å². The van der Waals surface area contributed by atoms with Crippen LogP contribution in [-0.4, -0.2) is 9.55 Å². The highest BCUT2D eigenvalue weighted by Crippen LogP contribution is 2.47. The molecule has 2 nitrogen and oxygen atoms in total. The van der Waals surface area contributed by atoms with Crippen LogP contribution in [-0.2, 0) is 5.88 Å². The topological polar surface area (TPSA) is 17.8 Å². The van der Waals surface area contributed by atoms with Crippen LogP contribution >= 0.6 is 34.2 Å². The standard InChI is InChI=1S/C13H14ClIN2/c1-2-8-5-12(8)17-11-4-3-9(15)6-10(11)16-13(17)7-14/h3-4,6,8,12H,2,5,7H2,1H3. The molecule has 0 aliphatic heterocycles. The summed E-state index contributed by atoms with van der Waals surface area (Å²) in [4.78, 5) is 4.65. The molecule has 0 bridgehead atoms. The Morgan fingerprint density at radius 3 is 3.00 bits per heavy atom. The molecular formula is C13H14ClIN2. The van der Waals surface area contributed by atoms with Crippen LogP contribution in [0.25, 0.3) is 11.0 Å². The summed E-state index contributed by atoms with van der Waals surface area (Å²) in [7, 11) is 0. The number of fused-ring (bicyclic) bond motifs is 1. The van der Waals surface area contributed by atoms with Gasteiger partial charge in [0.05, 0.1) is 16.9 Å². The molecule has 90 valence electrons. The van der Waals surface area contributed by atoms with Gasteiger partial charge in [-0.25, -0.2) is 4.98 Å². The normalized spacial score (nSPS) is 23.2. The van der Waals surface area contributed by atoms with Crippen molar-refractivity contribution < 1.29 is 0 Å². The average molecular weight is 361 g/mol. The van der Waals surface area contributed by atoms with Gasteiger partial charge in [0.25, 0.3) is 0 Å². The second-order valence-corrected chi connectivity index (χ2v) is 6.15. The Morgan fingerprint density at radius 2 is 2.35 bits per heavy atom. The van der Waals surface area contributed by atoms with Crippen LogP contribution in [0.3, 0.4) is 0 Å². The minimum Gasteiger partial charge on any atom is -0.324 e. The number of benzene rings is 1. The lowest BCUT2D eigenvalue weighted by molar-refractivity contribution is 0.637. The van der Waals surface area contributed by atoms with Gasteiger partial charge in [-0.05, 0) is 53.1 Å². The molecule has 2 unspecified atom stereocenters. The zero-order valence-electron chi connectivity index (χ0n) is 9.66. The summed E-state index contributed by atoms with van der Waals surface area (Å²) in [6.45, 7) is 2.26. The molecule has 0 saturated heterocycles. The number of halogens is 2. The van der Waals surface area contributed by atoms with Gasteiger partial charge in [0, 0.05) is 9.61 Å². The molecule has 1 aromatic heterocycles. The molecule has 4 heteroatoms. The zero-order chi connectivity index (χ0) is 12.0. The summed E-state index contributed by atoms with van der Waals surface area (Å²) in [6.07, 6.45) is 2.52. The van der Waals surface area contributed by atoms with Crippen molar-refractivity contribution in [2.75, 3.05) is 0 Å². The Kier molecular flexibility index (Phi) is 3.07. The van der Waals surface area contributed by atoms with E-state index in [1.165, 1.54) is 21.9 Å². The molecular weight excluding hydrogens is 347 g/mol. The van der Waals surface area contributed by atoms with Gasteiger partial charge in [0.1, 0.15) is 5.82 Å². The summed E-state index contributed by atoms with van der Waals surface area (Å²) in [6, 6.07) is 7.07. The molecule has 2 atom stereocenters. The molecule has 0 spiro atoms. The van der Waals surface area contributed by atoms with Crippen LogP contribution in [0.1, 0.15) is 31.6 Å². The number of imidazole rings is 1. The molecule has 0 N–H and O–H groups in total. The molecule has 1 saturated carbocycles. The first-order valence-electron chi connectivity index (χ1n) is 5.97. The third-order valence-corrected chi connectivity index (χ3v) is 4.50. The Hall–Kier alpha value is -0.290. The first-order chi connectivity index (χ1) is 8.24. The van der Waals surface area contributed by atoms with Crippen molar-refractivity contribution in [2.45, 2.75) is 31.7 Å². The number of nitrogens with zero attached hydrogens (tertiary/aromatic N) is 2. The lowest BCUT2D eigenvalue weighted by atomic mass is 10.3. The highest BCUT2D eigenvalue weighted by molar-refractivity contribution is 14.1. The van der Waals surface area contributed by atoms with E-state index in [1.54, 1.807) is 0 Å². The van der Waals surface area contributed by atoms with Crippen molar-refractivity contribution in [3.8, 4) is 0 Å². The molecule has 1 fully saturated rings. The van der Waals surface area contributed by atoms with E-state index >= 15 is 0 Å². The largest absolute Gasteiger partial charge is 0.324 e. The van der Waals surface area contributed by atoms with Gasteiger partial charge < -0.3 is 4.57 Å². The fourth-order valence-corrected chi connectivity index (χ4v) is 3.24. The van der Waals surface area contributed by atoms with E-state index in [0.717, 1.165) is 17.3 Å². The zero-order valence-corrected chi connectivity index (χ0v) is 12.6. The van der Waals surface area contributed by atoms with Gasteiger partial charge >= 0.3 is 0 Å². The van der Waals surface area contributed by atoms with E-state index in [0.29, 0.717) is 11.9 Å². The Labute approximate surface area is 120 Å². The molecule has 1 aliphatic carbocycles. The van der Waals surface area contributed by atoms with Crippen LogP contribution in [0, 0.1) is 9.49 Å². The summed E-state index contributed by atoms with van der Waals surface area (Å²) >= 11 is 8.34. The minimum absolute atomic E-state index is 0.498. The Bertz CT molecular complexity index is 564. The van der Waals surface area contributed by atoms with Crippen molar-refractivity contribution in [3.63, 3.8) is 0 Å². The maximum atomic E-state index is 6.02. The number of rotatable bonds is 3.